The Kier molecular flexibility index (Phi) is 7.57. The molecule has 0 aromatic rings. The minimum absolute atomic E-state index is 0.00471. The van der Waals surface area contributed by atoms with Gasteiger partial charge < -0.3 is 10.6 Å². The van der Waals surface area contributed by atoms with Crippen LogP contribution in [0.15, 0.2) is 0 Å². The monoisotopic (exact) mass is 225 g/mol. The van der Waals surface area contributed by atoms with Crippen LogP contribution in [-0.2, 0) is 4.79 Å². The maximum atomic E-state index is 11.6. The molecule has 0 fully saturated rings. The molecule has 2 N–H and O–H groups in total. The van der Waals surface area contributed by atoms with Gasteiger partial charge in [-0.1, -0.05) is 20.8 Å². The first-order valence-electron chi connectivity index (χ1n) is 5.91. The van der Waals surface area contributed by atoms with E-state index in [1.807, 2.05) is 13.8 Å². The maximum Gasteiger partial charge on any atom is 0.236 e. The van der Waals surface area contributed by atoms with Crippen LogP contribution in [0.2, 0.25) is 0 Å². The molecule has 92 valence electrons. The molecule has 0 saturated heterocycles. The second kappa shape index (κ2) is 8.12. The summed E-state index contributed by atoms with van der Waals surface area (Å²) in [4.78, 5) is 11.6. The van der Waals surface area contributed by atoms with E-state index in [2.05, 4.69) is 30.6 Å². The molecule has 2 atom stereocenters. The second-order valence-corrected chi connectivity index (χ2v) is 4.49. The van der Waals surface area contributed by atoms with Crippen LogP contribution in [0.25, 0.3) is 0 Å². The highest BCUT2D eigenvalue weighted by Gasteiger charge is 2.16. The minimum atomic E-state index is -0.239. The SMILES string of the molecule is CCC(CC#N)NC(C)C(=O)NCC(C)C. The van der Waals surface area contributed by atoms with E-state index in [0.717, 1.165) is 6.42 Å². The summed E-state index contributed by atoms with van der Waals surface area (Å²) in [6.07, 6.45) is 1.30. The summed E-state index contributed by atoms with van der Waals surface area (Å²) in [5.74, 6) is 0.460. The van der Waals surface area contributed by atoms with E-state index >= 15 is 0 Å². The third-order valence-electron chi connectivity index (χ3n) is 2.39. The Morgan fingerprint density at radius 3 is 2.44 bits per heavy atom. The summed E-state index contributed by atoms with van der Waals surface area (Å²) < 4.78 is 0. The Morgan fingerprint density at radius 2 is 2.00 bits per heavy atom. The van der Waals surface area contributed by atoms with Crippen molar-refractivity contribution in [1.82, 2.24) is 10.6 Å². The lowest BCUT2D eigenvalue weighted by Gasteiger charge is -2.20. The normalized spacial score (nSPS) is 14.2. The van der Waals surface area contributed by atoms with E-state index < -0.39 is 0 Å². The summed E-state index contributed by atoms with van der Waals surface area (Å²) in [5.41, 5.74) is 0. The Labute approximate surface area is 98.4 Å². The zero-order chi connectivity index (χ0) is 12.6. The summed E-state index contributed by atoms with van der Waals surface area (Å²) in [6, 6.07) is 1.98. The van der Waals surface area contributed by atoms with Crippen LogP contribution in [0.1, 0.15) is 40.5 Å². The number of rotatable bonds is 7. The van der Waals surface area contributed by atoms with Crippen molar-refractivity contribution in [3.63, 3.8) is 0 Å². The first-order valence-corrected chi connectivity index (χ1v) is 5.91. The number of hydrogen-bond donors (Lipinski definition) is 2. The third-order valence-corrected chi connectivity index (χ3v) is 2.39. The van der Waals surface area contributed by atoms with Crippen LogP contribution in [0.5, 0.6) is 0 Å². The largest absolute Gasteiger partial charge is 0.354 e. The van der Waals surface area contributed by atoms with Gasteiger partial charge in [-0.25, -0.2) is 0 Å². The molecule has 1 amide bonds. The topological polar surface area (TPSA) is 64.9 Å². The van der Waals surface area contributed by atoms with Crippen molar-refractivity contribution in [2.45, 2.75) is 52.6 Å². The smallest absolute Gasteiger partial charge is 0.236 e. The fourth-order valence-electron chi connectivity index (χ4n) is 1.32. The Morgan fingerprint density at radius 1 is 1.38 bits per heavy atom. The van der Waals surface area contributed by atoms with Crippen molar-refractivity contribution in [2.24, 2.45) is 5.92 Å². The molecule has 0 bridgehead atoms. The molecular formula is C12H23N3O. The number of carbonyl (C=O) groups excluding carboxylic acids is 1. The van der Waals surface area contributed by atoms with E-state index in [9.17, 15) is 4.79 Å². The third kappa shape index (κ3) is 6.41. The average molecular weight is 225 g/mol. The molecule has 4 heteroatoms. The Bertz CT molecular complexity index is 245. The number of nitrogens with one attached hydrogen (secondary N) is 2. The summed E-state index contributed by atoms with van der Waals surface area (Å²) >= 11 is 0. The average Bonchev–Trinajstić information content (AvgIpc) is 2.24. The number of nitrogens with zero attached hydrogens (tertiary/aromatic N) is 1. The van der Waals surface area contributed by atoms with Crippen LogP contribution >= 0.6 is 0 Å². The fourth-order valence-corrected chi connectivity index (χ4v) is 1.32. The second-order valence-electron chi connectivity index (χ2n) is 4.49. The molecule has 0 aromatic carbocycles. The molecule has 4 nitrogen and oxygen atoms in total. The van der Waals surface area contributed by atoms with Crippen LogP contribution < -0.4 is 10.6 Å². The Balaban J connectivity index is 3.98. The van der Waals surface area contributed by atoms with Crippen molar-refractivity contribution in [1.29, 1.82) is 5.26 Å². The maximum absolute atomic E-state index is 11.6. The predicted octanol–water partition coefficient (Wildman–Crippen LogP) is 1.43. The molecule has 0 saturated carbocycles. The van der Waals surface area contributed by atoms with Crippen molar-refractivity contribution in [3.8, 4) is 6.07 Å². The van der Waals surface area contributed by atoms with Gasteiger partial charge in [-0.05, 0) is 19.3 Å². The molecule has 0 aromatic heterocycles. The molecule has 0 radical (unpaired) electrons. The van der Waals surface area contributed by atoms with Crippen LogP contribution in [0.3, 0.4) is 0 Å². The summed E-state index contributed by atoms with van der Waals surface area (Å²) in [7, 11) is 0. The van der Waals surface area contributed by atoms with Gasteiger partial charge in [0.25, 0.3) is 0 Å². The van der Waals surface area contributed by atoms with E-state index in [1.54, 1.807) is 0 Å². The molecule has 0 aliphatic rings. The molecule has 0 spiro atoms. The molecule has 2 unspecified atom stereocenters. The van der Waals surface area contributed by atoms with Gasteiger partial charge in [-0.15, -0.1) is 0 Å². The highest BCUT2D eigenvalue weighted by molar-refractivity contribution is 5.81. The predicted molar refractivity (Wildman–Crippen MR) is 64.8 cm³/mol. The molecule has 0 aliphatic carbocycles. The number of amides is 1. The lowest BCUT2D eigenvalue weighted by molar-refractivity contribution is -0.123. The van der Waals surface area contributed by atoms with Gasteiger partial charge in [0.15, 0.2) is 0 Å². The summed E-state index contributed by atoms with van der Waals surface area (Å²) in [6.45, 7) is 8.65. The van der Waals surface area contributed by atoms with Crippen LogP contribution in [0.4, 0.5) is 0 Å². The van der Waals surface area contributed by atoms with Gasteiger partial charge in [-0.2, -0.15) is 5.26 Å². The molecule has 16 heavy (non-hydrogen) atoms. The highest BCUT2D eigenvalue weighted by Crippen LogP contribution is 1.98. The zero-order valence-electron chi connectivity index (χ0n) is 10.7. The standard InChI is InChI=1S/C12H23N3O/c1-5-11(6-7-13)15-10(4)12(16)14-8-9(2)3/h9-11,15H,5-6,8H2,1-4H3,(H,14,16). The van der Waals surface area contributed by atoms with Gasteiger partial charge in [-0.3, -0.25) is 4.79 Å². The molecular weight excluding hydrogens is 202 g/mol. The van der Waals surface area contributed by atoms with Crippen molar-refractivity contribution >= 4 is 5.91 Å². The minimum Gasteiger partial charge on any atom is -0.354 e. The van der Waals surface area contributed by atoms with Gasteiger partial charge >= 0.3 is 0 Å². The zero-order valence-corrected chi connectivity index (χ0v) is 10.7. The van der Waals surface area contributed by atoms with E-state index in [4.69, 9.17) is 5.26 Å². The van der Waals surface area contributed by atoms with E-state index in [0.29, 0.717) is 18.9 Å². The van der Waals surface area contributed by atoms with Crippen molar-refractivity contribution in [3.05, 3.63) is 0 Å². The molecule has 0 rings (SSSR count). The summed E-state index contributed by atoms with van der Waals surface area (Å²) in [5, 5.41) is 14.6. The lowest BCUT2D eigenvalue weighted by atomic mass is 10.1. The quantitative estimate of drug-likeness (QED) is 0.689. The van der Waals surface area contributed by atoms with Crippen molar-refractivity contribution in [2.75, 3.05) is 6.54 Å². The van der Waals surface area contributed by atoms with Gasteiger partial charge in [0.2, 0.25) is 5.91 Å². The van der Waals surface area contributed by atoms with Gasteiger partial charge in [0, 0.05) is 12.6 Å². The molecule has 0 aliphatic heterocycles. The lowest BCUT2D eigenvalue weighted by Crippen LogP contribution is -2.47. The van der Waals surface area contributed by atoms with Gasteiger partial charge in [0.1, 0.15) is 0 Å². The first kappa shape index (κ1) is 14.9. The van der Waals surface area contributed by atoms with E-state index in [-0.39, 0.29) is 18.0 Å². The number of nitriles is 1. The number of carbonyl (C=O) groups is 1. The van der Waals surface area contributed by atoms with Gasteiger partial charge in [0.05, 0.1) is 18.5 Å². The Hall–Kier alpha value is -1.08. The van der Waals surface area contributed by atoms with Crippen LogP contribution in [0, 0.1) is 17.2 Å². The van der Waals surface area contributed by atoms with Crippen molar-refractivity contribution < 1.29 is 4.79 Å². The first-order chi connectivity index (χ1) is 7.51. The van der Waals surface area contributed by atoms with E-state index in [1.165, 1.54) is 0 Å². The van der Waals surface area contributed by atoms with Crippen LogP contribution in [-0.4, -0.2) is 24.5 Å². The highest BCUT2D eigenvalue weighted by atomic mass is 16.2. The molecule has 0 heterocycles. The fraction of sp³-hybridized carbons (Fsp3) is 0.833. The number of hydrogen-bond acceptors (Lipinski definition) is 3.